The Morgan fingerprint density at radius 1 is 1.53 bits per heavy atom. The highest BCUT2D eigenvalue weighted by Gasteiger charge is 2.32. The van der Waals surface area contributed by atoms with Gasteiger partial charge >= 0.3 is 0 Å². The monoisotopic (exact) mass is 282 g/mol. The zero-order valence-corrected chi connectivity index (χ0v) is 11.8. The summed E-state index contributed by atoms with van der Waals surface area (Å²) < 4.78 is 0. The molecule has 0 unspecified atom stereocenters. The van der Waals surface area contributed by atoms with Crippen molar-refractivity contribution in [2.75, 3.05) is 6.54 Å². The summed E-state index contributed by atoms with van der Waals surface area (Å²) in [6.07, 6.45) is 4.93. The quantitative estimate of drug-likeness (QED) is 0.895. The summed E-state index contributed by atoms with van der Waals surface area (Å²) in [5, 5.41) is 13.6. The van der Waals surface area contributed by atoms with Crippen LogP contribution in [-0.2, 0) is 0 Å². The van der Waals surface area contributed by atoms with Gasteiger partial charge in [-0.3, -0.25) is 4.79 Å². The largest absolute Gasteiger partial charge is 0.388 e. The summed E-state index contributed by atoms with van der Waals surface area (Å²) in [6, 6.07) is 3.20. The maximum Gasteiger partial charge on any atom is 0.269 e. The maximum atomic E-state index is 11.9. The molecular formula is C14H19ClN2O2. The Kier molecular flexibility index (Phi) is 4.42. The molecule has 5 heteroatoms. The predicted molar refractivity (Wildman–Crippen MR) is 74.2 cm³/mol. The molecule has 0 spiro atoms. The van der Waals surface area contributed by atoms with Gasteiger partial charge in [-0.2, -0.15) is 0 Å². The van der Waals surface area contributed by atoms with Gasteiger partial charge in [-0.15, -0.1) is 0 Å². The van der Waals surface area contributed by atoms with Gasteiger partial charge in [0.05, 0.1) is 10.6 Å². The SMILES string of the molecule is CC1CCC(O)(CNC(=O)c2ccc(Cl)cn2)CC1. The minimum Gasteiger partial charge on any atom is -0.388 e. The van der Waals surface area contributed by atoms with Crippen LogP contribution < -0.4 is 5.32 Å². The van der Waals surface area contributed by atoms with E-state index in [0.29, 0.717) is 16.6 Å². The van der Waals surface area contributed by atoms with Crippen molar-refractivity contribution in [2.45, 2.75) is 38.2 Å². The van der Waals surface area contributed by atoms with Crippen molar-refractivity contribution < 1.29 is 9.90 Å². The lowest BCUT2D eigenvalue weighted by molar-refractivity contribution is -0.00543. The summed E-state index contributed by atoms with van der Waals surface area (Å²) in [4.78, 5) is 15.8. The predicted octanol–water partition coefficient (Wildman–Crippen LogP) is 2.41. The fraction of sp³-hybridized carbons (Fsp3) is 0.571. The first-order valence-corrected chi connectivity index (χ1v) is 6.98. The molecule has 19 heavy (non-hydrogen) atoms. The molecule has 2 rings (SSSR count). The minimum atomic E-state index is -0.769. The standard InChI is InChI=1S/C14H19ClN2O2/c1-10-4-6-14(19,7-5-10)9-17-13(18)12-3-2-11(15)8-16-12/h2-3,8,10,19H,4-7,9H2,1H3,(H,17,18). The van der Waals surface area contributed by atoms with Crippen molar-refractivity contribution in [2.24, 2.45) is 5.92 Å². The zero-order valence-electron chi connectivity index (χ0n) is 11.0. The summed E-state index contributed by atoms with van der Waals surface area (Å²) in [7, 11) is 0. The van der Waals surface area contributed by atoms with Gasteiger partial charge in [0.2, 0.25) is 0 Å². The second-order valence-corrected chi connectivity index (χ2v) is 5.89. The number of pyridine rings is 1. The second kappa shape index (κ2) is 5.88. The van der Waals surface area contributed by atoms with Gasteiger partial charge in [0.15, 0.2) is 0 Å². The molecule has 0 bridgehead atoms. The number of hydrogen-bond donors (Lipinski definition) is 2. The highest BCUT2D eigenvalue weighted by molar-refractivity contribution is 6.30. The molecule has 1 aromatic heterocycles. The smallest absolute Gasteiger partial charge is 0.269 e. The first-order chi connectivity index (χ1) is 8.98. The van der Waals surface area contributed by atoms with Crippen molar-refractivity contribution >= 4 is 17.5 Å². The average Bonchev–Trinajstić information content (AvgIpc) is 2.41. The Labute approximate surface area is 118 Å². The molecule has 0 radical (unpaired) electrons. The Bertz CT molecular complexity index is 439. The van der Waals surface area contributed by atoms with Crippen LogP contribution in [0.4, 0.5) is 0 Å². The molecule has 104 valence electrons. The second-order valence-electron chi connectivity index (χ2n) is 5.45. The highest BCUT2D eigenvalue weighted by Crippen LogP contribution is 2.31. The molecular weight excluding hydrogens is 264 g/mol. The summed E-state index contributed by atoms with van der Waals surface area (Å²) in [5.41, 5.74) is -0.452. The molecule has 0 aromatic carbocycles. The third-order valence-corrected chi connectivity index (χ3v) is 3.97. The van der Waals surface area contributed by atoms with Gasteiger partial charge in [-0.1, -0.05) is 18.5 Å². The molecule has 1 aromatic rings. The number of hydrogen-bond acceptors (Lipinski definition) is 3. The van der Waals surface area contributed by atoms with Crippen LogP contribution in [0.1, 0.15) is 43.1 Å². The van der Waals surface area contributed by atoms with Crippen LogP contribution in [0.25, 0.3) is 0 Å². The number of nitrogens with zero attached hydrogens (tertiary/aromatic N) is 1. The van der Waals surface area contributed by atoms with Crippen molar-refractivity contribution in [3.05, 3.63) is 29.0 Å². The summed E-state index contributed by atoms with van der Waals surface area (Å²) in [6.45, 7) is 2.47. The first kappa shape index (κ1) is 14.3. The van der Waals surface area contributed by atoms with Gasteiger partial charge in [-0.05, 0) is 43.7 Å². The molecule has 4 nitrogen and oxygen atoms in total. The van der Waals surface area contributed by atoms with Gasteiger partial charge in [0, 0.05) is 12.7 Å². The number of aromatic nitrogens is 1. The number of carbonyl (C=O) groups excluding carboxylic acids is 1. The van der Waals surface area contributed by atoms with E-state index in [1.165, 1.54) is 6.20 Å². The van der Waals surface area contributed by atoms with Crippen LogP contribution in [0.3, 0.4) is 0 Å². The fourth-order valence-corrected chi connectivity index (χ4v) is 2.43. The van der Waals surface area contributed by atoms with E-state index in [0.717, 1.165) is 25.7 Å². The molecule has 1 aliphatic carbocycles. The number of carbonyl (C=O) groups is 1. The maximum absolute atomic E-state index is 11.9. The molecule has 1 saturated carbocycles. The van der Waals surface area contributed by atoms with Gasteiger partial charge in [0.1, 0.15) is 5.69 Å². The van der Waals surface area contributed by atoms with Crippen LogP contribution in [0.2, 0.25) is 5.02 Å². The van der Waals surface area contributed by atoms with Gasteiger partial charge < -0.3 is 10.4 Å². The van der Waals surface area contributed by atoms with Crippen molar-refractivity contribution in [1.82, 2.24) is 10.3 Å². The van der Waals surface area contributed by atoms with E-state index in [1.807, 2.05) is 0 Å². The summed E-state index contributed by atoms with van der Waals surface area (Å²) in [5.74, 6) is 0.387. The number of aliphatic hydroxyl groups is 1. The lowest BCUT2D eigenvalue weighted by Gasteiger charge is -2.34. The fourth-order valence-electron chi connectivity index (χ4n) is 2.32. The topological polar surface area (TPSA) is 62.2 Å². The number of halogens is 1. The van der Waals surface area contributed by atoms with Gasteiger partial charge in [0.25, 0.3) is 5.91 Å². The summed E-state index contributed by atoms with van der Waals surface area (Å²) >= 11 is 5.72. The first-order valence-electron chi connectivity index (χ1n) is 6.61. The molecule has 1 amide bonds. The normalized spacial score (nSPS) is 27.0. The van der Waals surface area contributed by atoms with Crippen LogP contribution in [0.5, 0.6) is 0 Å². The molecule has 2 N–H and O–H groups in total. The highest BCUT2D eigenvalue weighted by atomic mass is 35.5. The van der Waals surface area contributed by atoms with Crippen molar-refractivity contribution in [3.8, 4) is 0 Å². The lowest BCUT2D eigenvalue weighted by Crippen LogP contribution is -2.45. The Morgan fingerprint density at radius 2 is 2.21 bits per heavy atom. The number of amides is 1. The van der Waals surface area contributed by atoms with Crippen LogP contribution in [0.15, 0.2) is 18.3 Å². The molecule has 1 aliphatic rings. The minimum absolute atomic E-state index is 0.274. The van der Waals surface area contributed by atoms with Gasteiger partial charge in [-0.25, -0.2) is 4.98 Å². The third-order valence-electron chi connectivity index (χ3n) is 3.74. The zero-order chi connectivity index (χ0) is 13.9. The Morgan fingerprint density at radius 3 is 2.79 bits per heavy atom. The van der Waals surface area contributed by atoms with Crippen LogP contribution >= 0.6 is 11.6 Å². The van der Waals surface area contributed by atoms with Crippen LogP contribution in [0, 0.1) is 5.92 Å². The lowest BCUT2D eigenvalue weighted by atomic mass is 9.79. The number of nitrogens with one attached hydrogen (secondary N) is 1. The van der Waals surface area contributed by atoms with E-state index < -0.39 is 5.60 Å². The average molecular weight is 283 g/mol. The van der Waals surface area contributed by atoms with E-state index >= 15 is 0 Å². The molecule has 0 atom stereocenters. The molecule has 1 heterocycles. The molecule has 0 aliphatic heterocycles. The van der Waals surface area contributed by atoms with E-state index in [4.69, 9.17) is 11.6 Å². The molecule has 1 fully saturated rings. The Hall–Kier alpha value is -1.13. The number of rotatable bonds is 3. The van der Waals surface area contributed by atoms with Crippen LogP contribution in [-0.4, -0.2) is 28.1 Å². The Balaban J connectivity index is 1.88. The van der Waals surface area contributed by atoms with E-state index in [1.54, 1.807) is 12.1 Å². The van der Waals surface area contributed by atoms with Crippen molar-refractivity contribution in [3.63, 3.8) is 0 Å². The molecule has 0 saturated heterocycles. The van der Waals surface area contributed by atoms with Crippen molar-refractivity contribution in [1.29, 1.82) is 0 Å². The van der Waals surface area contributed by atoms with E-state index in [9.17, 15) is 9.90 Å². The van der Waals surface area contributed by atoms with E-state index in [-0.39, 0.29) is 12.5 Å². The van der Waals surface area contributed by atoms with E-state index in [2.05, 4.69) is 17.2 Å². The third kappa shape index (κ3) is 3.91.